The van der Waals surface area contributed by atoms with E-state index in [0.717, 1.165) is 19.6 Å². The number of amides is 2. The number of hydrogen-bond donors (Lipinski definition) is 2. The molecule has 138 valence electrons. The summed E-state index contributed by atoms with van der Waals surface area (Å²) in [5, 5.41) is 6.13. The largest absolute Gasteiger partial charge is 0.337 e. The maximum atomic E-state index is 12.3. The first-order valence-corrected chi connectivity index (χ1v) is 9.58. The van der Waals surface area contributed by atoms with E-state index in [9.17, 15) is 4.79 Å². The third kappa shape index (κ3) is 4.73. The normalized spacial score (nSPS) is 22.9. The summed E-state index contributed by atoms with van der Waals surface area (Å²) in [4.78, 5) is 16.9. The Kier molecular flexibility index (Phi) is 5.97. The molecule has 2 aliphatic rings. The zero-order valence-electron chi connectivity index (χ0n) is 15.8. The molecule has 25 heavy (non-hydrogen) atoms. The second-order valence-electron chi connectivity index (χ2n) is 7.71. The molecule has 2 atom stereocenters. The molecule has 3 rings (SSSR count). The molecule has 0 radical (unpaired) electrons. The molecule has 0 saturated carbocycles. The topological polar surface area (TPSA) is 47.6 Å². The molecule has 0 bridgehead atoms. The van der Waals surface area contributed by atoms with Gasteiger partial charge in [-0.1, -0.05) is 18.2 Å². The summed E-state index contributed by atoms with van der Waals surface area (Å²) in [7, 11) is 4.27. The van der Waals surface area contributed by atoms with Crippen LogP contribution in [0.4, 0.5) is 4.79 Å². The molecule has 0 aromatic heterocycles. The van der Waals surface area contributed by atoms with Gasteiger partial charge < -0.3 is 15.5 Å². The summed E-state index contributed by atoms with van der Waals surface area (Å²) in [5.74, 6) is 0. The Bertz CT molecular complexity index is 603. The predicted molar refractivity (Wildman–Crippen MR) is 102 cm³/mol. The number of urea groups is 1. The van der Waals surface area contributed by atoms with Crippen molar-refractivity contribution in [2.24, 2.45) is 0 Å². The van der Waals surface area contributed by atoms with Crippen molar-refractivity contribution in [2.75, 3.05) is 40.3 Å². The molecule has 1 heterocycles. The lowest BCUT2D eigenvalue weighted by atomic mass is 9.89. The van der Waals surface area contributed by atoms with Gasteiger partial charge in [-0.3, -0.25) is 4.90 Å². The number of likely N-dealkylation sites (N-methyl/N-ethyl adjacent to an activating group) is 2. The van der Waals surface area contributed by atoms with Crippen LogP contribution in [-0.2, 0) is 12.8 Å². The zero-order chi connectivity index (χ0) is 17.8. The minimum absolute atomic E-state index is 0.0268. The highest BCUT2D eigenvalue weighted by atomic mass is 16.2. The van der Waals surface area contributed by atoms with Crippen molar-refractivity contribution < 1.29 is 4.79 Å². The molecule has 5 nitrogen and oxygen atoms in total. The van der Waals surface area contributed by atoms with Gasteiger partial charge in [0.05, 0.1) is 6.04 Å². The molecule has 0 unspecified atom stereocenters. The first-order chi connectivity index (χ1) is 12.0. The van der Waals surface area contributed by atoms with Gasteiger partial charge in [-0.05, 0) is 63.4 Å². The molecule has 0 spiro atoms. The Labute approximate surface area is 151 Å². The third-order valence-corrected chi connectivity index (χ3v) is 5.70. The number of nitrogens with zero attached hydrogens (tertiary/aromatic N) is 2. The van der Waals surface area contributed by atoms with Crippen LogP contribution in [0, 0.1) is 0 Å². The maximum Gasteiger partial charge on any atom is 0.315 e. The van der Waals surface area contributed by atoms with Crippen molar-refractivity contribution in [1.82, 2.24) is 20.4 Å². The summed E-state index contributed by atoms with van der Waals surface area (Å²) in [5.41, 5.74) is 4.14. The van der Waals surface area contributed by atoms with Gasteiger partial charge in [0.15, 0.2) is 0 Å². The maximum absolute atomic E-state index is 12.3. The summed E-state index contributed by atoms with van der Waals surface area (Å²) in [6.45, 7) is 5.88. The minimum atomic E-state index is -0.0770. The van der Waals surface area contributed by atoms with Crippen molar-refractivity contribution >= 4 is 6.03 Å². The van der Waals surface area contributed by atoms with Crippen LogP contribution in [0.2, 0.25) is 0 Å². The fourth-order valence-corrected chi connectivity index (χ4v) is 3.89. The van der Waals surface area contributed by atoms with Gasteiger partial charge in [-0.15, -0.1) is 0 Å². The van der Waals surface area contributed by atoms with Crippen LogP contribution in [0.15, 0.2) is 18.2 Å². The molecule has 1 aromatic rings. The zero-order valence-corrected chi connectivity index (χ0v) is 15.8. The molecular formula is C20H32N4O. The van der Waals surface area contributed by atoms with Crippen LogP contribution in [0.25, 0.3) is 0 Å². The van der Waals surface area contributed by atoms with Crippen LogP contribution in [0.1, 0.15) is 42.5 Å². The number of benzene rings is 1. The molecule has 1 aliphatic heterocycles. The van der Waals surface area contributed by atoms with Gasteiger partial charge in [-0.25, -0.2) is 4.79 Å². The van der Waals surface area contributed by atoms with E-state index in [4.69, 9.17) is 0 Å². The minimum Gasteiger partial charge on any atom is -0.337 e. The van der Waals surface area contributed by atoms with Crippen LogP contribution >= 0.6 is 0 Å². The fraction of sp³-hybridized carbons (Fsp3) is 0.650. The molecule has 1 fully saturated rings. The van der Waals surface area contributed by atoms with Gasteiger partial charge in [0.1, 0.15) is 0 Å². The Hall–Kier alpha value is -1.59. The molecule has 1 aromatic carbocycles. The standard InChI is InChI=1S/C20H32N4O/c1-15(17-9-8-16-6-4-5-7-18(16)12-17)22-20(25)21-13-19-14-23(2)10-11-24(19)3/h8-9,12,15,19H,4-7,10-11,13-14H2,1-3H3,(H2,21,22,25)/t15-,19+/m0/s1. The molecular weight excluding hydrogens is 312 g/mol. The van der Waals surface area contributed by atoms with Crippen molar-refractivity contribution in [3.8, 4) is 0 Å². The number of nitrogens with one attached hydrogen (secondary N) is 2. The third-order valence-electron chi connectivity index (χ3n) is 5.70. The van der Waals surface area contributed by atoms with E-state index in [1.807, 2.05) is 0 Å². The highest BCUT2D eigenvalue weighted by Gasteiger charge is 2.22. The van der Waals surface area contributed by atoms with Gasteiger partial charge in [0.25, 0.3) is 0 Å². The number of piperazine rings is 1. The average molecular weight is 345 g/mol. The number of rotatable bonds is 4. The van der Waals surface area contributed by atoms with E-state index in [1.165, 1.54) is 42.4 Å². The Balaban J connectivity index is 1.50. The van der Waals surface area contributed by atoms with E-state index in [-0.39, 0.29) is 12.1 Å². The van der Waals surface area contributed by atoms with E-state index in [2.05, 4.69) is 59.7 Å². The molecule has 2 amide bonds. The summed E-state index contributed by atoms with van der Waals surface area (Å²) in [6, 6.07) is 7.02. The molecule has 5 heteroatoms. The number of carbonyl (C=O) groups excluding carboxylic acids is 1. The van der Waals surface area contributed by atoms with Gasteiger partial charge >= 0.3 is 6.03 Å². The molecule has 1 saturated heterocycles. The predicted octanol–water partition coefficient (Wildman–Crippen LogP) is 2.17. The van der Waals surface area contributed by atoms with E-state index in [0.29, 0.717) is 12.6 Å². The van der Waals surface area contributed by atoms with E-state index in [1.54, 1.807) is 0 Å². The van der Waals surface area contributed by atoms with Gasteiger partial charge in [0.2, 0.25) is 0 Å². The highest BCUT2D eigenvalue weighted by molar-refractivity contribution is 5.74. The second-order valence-corrected chi connectivity index (χ2v) is 7.71. The number of hydrogen-bond acceptors (Lipinski definition) is 3. The Morgan fingerprint density at radius 3 is 2.76 bits per heavy atom. The SMILES string of the molecule is C[C@H](NC(=O)NC[C@@H]1CN(C)CCN1C)c1ccc2c(c1)CCCC2. The lowest BCUT2D eigenvalue weighted by Gasteiger charge is -2.37. The van der Waals surface area contributed by atoms with Crippen molar-refractivity contribution in [2.45, 2.75) is 44.7 Å². The highest BCUT2D eigenvalue weighted by Crippen LogP contribution is 2.24. The van der Waals surface area contributed by atoms with Crippen molar-refractivity contribution in [1.29, 1.82) is 0 Å². The lowest BCUT2D eigenvalue weighted by molar-refractivity contribution is 0.114. The quantitative estimate of drug-likeness (QED) is 0.880. The second kappa shape index (κ2) is 8.19. The monoisotopic (exact) mass is 344 g/mol. The first kappa shape index (κ1) is 18.2. The Morgan fingerprint density at radius 2 is 1.96 bits per heavy atom. The van der Waals surface area contributed by atoms with Crippen LogP contribution in [-0.4, -0.2) is 62.1 Å². The molecule has 2 N–H and O–H groups in total. The number of aryl methyl sites for hydroxylation is 2. The summed E-state index contributed by atoms with van der Waals surface area (Å²) >= 11 is 0. The summed E-state index contributed by atoms with van der Waals surface area (Å²) in [6.07, 6.45) is 4.94. The number of fused-ring (bicyclic) bond motifs is 1. The smallest absolute Gasteiger partial charge is 0.315 e. The molecule has 1 aliphatic carbocycles. The van der Waals surface area contributed by atoms with E-state index >= 15 is 0 Å². The van der Waals surface area contributed by atoms with Gasteiger partial charge in [-0.2, -0.15) is 0 Å². The summed E-state index contributed by atoms with van der Waals surface area (Å²) < 4.78 is 0. The van der Waals surface area contributed by atoms with Crippen LogP contribution in [0.3, 0.4) is 0 Å². The van der Waals surface area contributed by atoms with E-state index < -0.39 is 0 Å². The van der Waals surface area contributed by atoms with Crippen molar-refractivity contribution in [3.05, 3.63) is 34.9 Å². The van der Waals surface area contributed by atoms with Crippen LogP contribution in [0.5, 0.6) is 0 Å². The van der Waals surface area contributed by atoms with Crippen molar-refractivity contribution in [3.63, 3.8) is 0 Å². The average Bonchev–Trinajstić information content (AvgIpc) is 2.62. The fourth-order valence-electron chi connectivity index (χ4n) is 3.89. The Morgan fingerprint density at radius 1 is 1.20 bits per heavy atom. The first-order valence-electron chi connectivity index (χ1n) is 9.58. The lowest BCUT2D eigenvalue weighted by Crippen LogP contribution is -2.55. The number of carbonyl (C=O) groups is 1. The van der Waals surface area contributed by atoms with Crippen LogP contribution < -0.4 is 10.6 Å². The van der Waals surface area contributed by atoms with Gasteiger partial charge in [0, 0.05) is 32.2 Å².